The van der Waals surface area contributed by atoms with Gasteiger partial charge in [0.25, 0.3) is 0 Å². The van der Waals surface area contributed by atoms with Gasteiger partial charge in [0.15, 0.2) is 0 Å². The quantitative estimate of drug-likeness (QED) is 0.468. The van der Waals surface area contributed by atoms with E-state index in [1.54, 1.807) is 20.8 Å². The summed E-state index contributed by atoms with van der Waals surface area (Å²) in [6.07, 6.45) is 1.10. The maximum absolute atomic E-state index is 10.7. The molecule has 0 aromatic heterocycles. The topological polar surface area (TPSA) is 50.2 Å². The van der Waals surface area contributed by atoms with Gasteiger partial charge in [-0.15, -0.1) is 0 Å². The van der Waals surface area contributed by atoms with Crippen molar-refractivity contribution in [2.24, 2.45) is 0 Å². The number of nitrogens with one attached hydrogen (secondary N) is 1. The molecule has 0 aliphatic heterocycles. The molecule has 0 rings (SSSR count). The van der Waals surface area contributed by atoms with Crippen LogP contribution >= 0.6 is 0 Å². The highest BCUT2D eigenvalue weighted by atomic mass is 16.6. The van der Waals surface area contributed by atoms with Crippen LogP contribution in [0, 0.1) is 5.41 Å². The van der Waals surface area contributed by atoms with Crippen LogP contribution < -0.4 is 0 Å². The molecule has 3 nitrogen and oxygen atoms in total. The average Bonchev–Trinajstić information content (AvgIpc) is 1.59. The summed E-state index contributed by atoms with van der Waals surface area (Å²) in [6, 6.07) is 0. The molecule has 0 aliphatic rings. The average molecular weight is 143 g/mol. The van der Waals surface area contributed by atoms with Crippen molar-refractivity contribution in [1.82, 2.24) is 0 Å². The van der Waals surface area contributed by atoms with Crippen LogP contribution in [0.1, 0.15) is 27.2 Å². The van der Waals surface area contributed by atoms with Gasteiger partial charge in [0.1, 0.15) is 5.60 Å². The van der Waals surface area contributed by atoms with E-state index in [1.165, 1.54) is 0 Å². The lowest BCUT2D eigenvalue weighted by Gasteiger charge is -2.18. The van der Waals surface area contributed by atoms with Crippen LogP contribution in [0.5, 0.6) is 0 Å². The van der Waals surface area contributed by atoms with E-state index in [9.17, 15) is 4.79 Å². The lowest BCUT2D eigenvalue weighted by atomic mass is 10.2. The van der Waals surface area contributed by atoms with Crippen LogP contribution in [0.3, 0.4) is 0 Å². The second-order valence-corrected chi connectivity index (χ2v) is 2.99. The Bertz CT molecular complexity index is 135. The molecule has 0 radical (unpaired) electrons. The molecule has 58 valence electrons. The lowest BCUT2D eigenvalue weighted by molar-refractivity contribution is -0.153. The molecule has 0 saturated carbocycles. The third-order valence-corrected chi connectivity index (χ3v) is 0.689. The molecule has 0 aliphatic carbocycles. The first-order valence-corrected chi connectivity index (χ1v) is 3.16. The zero-order valence-corrected chi connectivity index (χ0v) is 6.60. The van der Waals surface area contributed by atoms with Crippen LogP contribution in [0.25, 0.3) is 0 Å². The fourth-order valence-electron chi connectivity index (χ4n) is 0.467. The molecule has 1 N–H and O–H groups in total. The SMILES string of the molecule is CC(C)(C)OC(=O)CC=N. The molecule has 0 spiro atoms. The van der Waals surface area contributed by atoms with Crippen molar-refractivity contribution in [2.45, 2.75) is 32.8 Å². The molecule has 0 aromatic rings. The first-order chi connectivity index (χ1) is 4.45. The number of hydrogen-bond acceptors (Lipinski definition) is 3. The highest BCUT2D eigenvalue weighted by Gasteiger charge is 2.14. The van der Waals surface area contributed by atoms with Crippen molar-refractivity contribution in [3.05, 3.63) is 0 Å². The van der Waals surface area contributed by atoms with E-state index in [0.29, 0.717) is 0 Å². The summed E-state index contributed by atoms with van der Waals surface area (Å²) in [7, 11) is 0. The summed E-state index contributed by atoms with van der Waals surface area (Å²) in [5.74, 6) is -0.345. The number of esters is 1. The molecular formula is C7H13NO2. The highest BCUT2D eigenvalue weighted by molar-refractivity contribution is 5.84. The Balaban J connectivity index is 3.68. The van der Waals surface area contributed by atoms with Crippen molar-refractivity contribution in [1.29, 1.82) is 5.41 Å². The van der Waals surface area contributed by atoms with Gasteiger partial charge in [0.05, 0.1) is 6.42 Å². The van der Waals surface area contributed by atoms with Crippen molar-refractivity contribution in [3.8, 4) is 0 Å². The molecule has 0 atom stereocenters. The Morgan fingerprint density at radius 1 is 1.60 bits per heavy atom. The fraction of sp³-hybridized carbons (Fsp3) is 0.714. The van der Waals surface area contributed by atoms with E-state index >= 15 is 0 Å². The van der Waals surface area contributed by atoms with Crippen molar-refractivity contribution >= 4 is 12.2 Å². The Morgan fingerprint density at radius 3 is 2.40 bits per heavy atom. The molecule has 0 aromatic carbocycles. The van der Waals surface area contributed by atoms with E-state index < -0.39 is 5.60 Å². The van der Waals surface area contributed by atoms with Gasteiger partial charge in [-0.25, -0.2) is 0 Å². The van der Waals surface area contributed by atoms with Gasteiger partial charge in [-0.3, -0.25) is 4.79 Å². The van der Waals surface area contributed by atoms with Gasteiger partial charge in [-0.2, -0.15) is 0 Å². The first kappa shape index (κ1) is 9.14. The minimum Gasteiger partial charge on any atom is -0.460 e. The third kappa shape index (κ3) is 5.28. The number of rotatable bonds is 2. The number of hydrogen-bond donors (Lipinski definition) is 1. The molecule has 0 amide bonds. The lowest BCUT2D eigenvalue weighted by Crippen LogP contribution is -2.23. The number of carbonyl (C=O) groups is 1. The predicted octanol–water partition coefficient (Wildman–Crippen LogP) is 1.37. The van der Waals surface area contributed by atoms with Crippen molar-refractivity contribution < 1.29 is 9.53 Å². The fourth-order valence-corrected chi connectivity index (χ4v) is 0.467. The maximum Gasteiger partial charge on any atom is 0.311 e. The molecule has 0 fully saturated rings. The summed E-state index contributed by atoms with van der Waals surface area (Å²) in [5, 5.41) is 6.62. The van der Waals surface area contributed by atoms with E-state index in [1.807, 2.05) is 0 Å². The molecule has 10 heavy (non-hydrogen) atoms. The van der Waals surface area contributed by atoms with E-state index in [-0.39, 0.29) is 12.4 Å². The van der Waals surface area contributed by atoms with Gasteiger partial charge < -0.3 is 10.1 Å². The molecule has 3 heteroatoms. The van der Waals surface area contributed by atoms with Gasteiger partial charge in [-0.05, 0) is 20.8 Å². The van der Waals surface area contributed by atoms with Crippen LogP contribution in [0.4, 0.5) is 0 Å². The predicted molar refractivity (Wildman–Crippen MR) is 39.2 cm³/mol. The van der Waals surface area contributed by atoms with Gasteiger partial charge >= 0.3 is 5.97 Å². The standard InChI is InChI=1S/C7H13NO2/c1-7(2,3)10-6(9)4-5-8/h5,8H,4H2,1-3H3. The summed E-state index contributed by atoms with van der Waals surface area (Å²) < 4.78 is 4.89. The van der Waals surface area contributed by atoms with Crippen molar-refractivity contribution in [2.75, 3.05) is 0 Å². The van der Waals surface area contributed by atoms with Crippen molar-refractivity contribution in [3.63, 3.8) is 0 Å². The Hall–Kier alpha value is -0.860. The van der Waals surface area contributed by atoms with Gasteiger partial charge in [0.2, 0.25) is 0 Å². The van der Waals surface area contributed by atoms with Crippen LogP contribution in [0.15, 0.2) is 0 Å². The number of carbonyl (C=O) groups excluding carboxylic acids is 1. The summed E-state index contributed by atoms with van der Waals surface area (Å²) in [5.41, 5.74) is -0.430. The van der Waals surface area contributed by atoms with E-state index in [0.717, 1.165) is 6.21 Å². The van der Waals surface area contributed by atoms with Crippen LogP contribution in [0.2, 0.25) is 0 Å². The molecule has 0 saturated heterocycles. The summed E-state index contributed by atoms with van der Waals surface area (Å²) >= 11 is 0. The third-order valence-electron chi connectivity index (χ3n) is 0.689. The second-order valence-electron chi connectivity index (χ2n) is 2.99. The number of ether oxygens (including phenoxy) is 1. The maximum atomic E-state index is 10.7. The van der Waals surface area contributed by atoms with E-state index in [2.05, 4.69) is 0 Å². The molecule has 0 bridgehead atoms. The second kappa shape index (κ2) is 3.34. The van der Waals surface area contributed by atoms with Gasteiger partial charge in [0, 0.05) is 6.21 Å². The Labute approximate surface area is 60.9 Å². The van der Waals surface area contributed by atoms with Crippen LogP contribution in [-0.2, 0) is 9.53 Å². The normalized spacial score (nSPS) is 10.7. The monoisotopic (exact) mass is 143 g/mol. The highest BCUT2D eigenvalue weighted by Crippen LogP contribution is 2.07. The summed E-state index contributed by atoms with van der Waals surface area (Å²) in [4.78, 5) is 10.7. The Kier molecular flexibility index (Phi) is 3.06. The molecular weight excluding hydrogens is 130 g/mol. The minimum atomic E-state index is -0.430. The largest absolute Gasteiger partial charge is 0.460 e. The molecule has 0 unspecified atom stereocenters. The zero-order chi connectivity index (χ0) is 8.20. The Morgan fingerprint density at radius 2 is 2.10 bits per heavy atom. The van der Waals surface area contributed by atoms with Gasteiger partial charge in [-0.1, -0.05) is 0 Å². The van der Waals surface area contributed by atoms with Crippen LogP contribution in [-0.4, -0.2) is 17.8 Å². The first-order valence-electron chi connectivity index (χ1n) is 3.16. The molecule has 0 heterocycles. The zero-order valence-electron chi connectivity index (χ0n) is 6.60. The van der Waals surface area contributed by atoms with E-state index in [4.69, 9.17) is 10.1 Å². The minimum absolute atomic E-state index is 0.0667. The smallest absolute Gasteiger partial charge is 0.311 e. The summed E-state index contributed by atoms with van der Waals surface area (Å²) in [6.45, 7) is 5.40.